The Kier molecular flexibility index (Phi) is 9.45. The molecule has 0 atom stereocenters. The number of amides is 3. The quantitative estimate of drug-likeness (QED) is 0.390. The normalized spacial score (nSPS) is 19.9. The number of hydrogen-bond donors (Lipinski definition) is 2. The molecule has 0 unspecified atom stereocenters. The smallest absolute Gasteiger partial charge is 0.419 e. The van der Waals surface area contributed by atoms with Crippen molar-refractivity contribution in [3.05, 3.63) is 53.6 Å². The Balaban J connectivity index is 1.67. The molecule has 2 aliphatic rings. The van der Waals surface area contributed by atoms with Gasteiger partial charge in [-0.05, 0) is 81.7 Å². The first-order valence-corrected chi connectivity index (χ1v) is 14.1. The summed E-state index contributed by atoms with van der Waals surface area (Å²) in [6.07, 6.45) is -0.535. The maximum absolute atomic E-state index is 14.0. The number of carboxylic acid groups (broad SMARTS) is 1. The van der Waals surface area contributed by atoms with Gasteiger partial charge in [-0.25, -0.2) is 9.59 Å². The van der Waals surface area contributed by atoms with Crippen molar-refractivity contribution in [3.63, 3.8) is 0 Å². The number of rotatable bonds is 7. The van der Waals surface area contributed by atoms with Crippen LogP contribution in [0.2, 0.25) is 0 Å². The summed E-state index contributed by atoms with van der Waals surface area (Å²) in [5.74, 6) is -1.78. The number of para-hydroxylation sites is 1. The summed E-state index contributed by atoms with van der Waals surface area (Å²) >= 11 is 0. The highest BCUT2D eigenvalue weighted by molar-refractivity contribution is 6.03. The predicted octanol–water partition coefficient (Wildman–Crippen LogP) is 6.55. The minimum absolute atomic E-state index is 0.0900. The van der Waals surface area contributed by atoms with E-state index in [4.69, 9.17) is 4.74 Å². The number of alkyl halides is 3. The highest BCUT2D eigenvalue weighted by Crippen LogP contribution is 2.40. The fourth-order valence-electron chi connectivity index (χ4n) is 5.67. The van der Waals surface area contributed by atoms with Gasteiger partial charge in [0.05, 0.1) is 16.8 Å². The van der Waals surface area contributed by atoms with Crippen molar-refractivity contribution in [1.29, 1.82) is 0 Å². The van der Waals surface area contributed by atoms with E-state index in [-0.39, 0.29) is 40.9 Å². The number of ether oxygens (including phenoxy) is 1. The Morgan fingerprint density at radius 2 is 1.68 bits per heavy atom. The summed E-state index contributed by atoms with van der Waals surface area (Å²) in [6, 6.07) is 8.17. The third kappa shape index (κ3) is 7.12. The van der Waals surface area contributed by atoms with Crippen LogP contribution < -0.4 is 15.0 Å². The lowest BCUT2D eigenvalue weighted by Crippen LogP contribution is -2.52. The van der Waals surface area contributed by atoms with Crippen LogP contribution in [0, 0.1) is 11.8 Å². The number of urea groups is 1. The van der Waals surface area contributed by atoms with Crippen LogP contribution in [-0.4, -0.2) is 53.6 Å². The molecule has 222 valence electrons. The molecule has 0 spiro atoms. The molecule has 11 heteroatoms. The first-order valence-electron chi connectivity index (χ1n) is 14.1. The second-order valence-corrected chi connectivity index (χ2v) is 10.8. The molecule has 1 heterocycles. The molecule has 0 bridgehead atoms. The van der Waals surface area contributed by atoms with Crippen LogP contribution in [0.15, 0.2) is 42.5 Å². The highest BCUT2D eigenvalue weighted by atomic mass is 19.4. The molecule has 2 fully saturated rings. The zero-order valence-corrected chi connectivity index (χ0v) is 23.2. The van der Waals surface area contributed by atoms with Crippen LogP contribution >= 0.6 is 0 Å². The number of benzene rings is 2. The summed E-state index contributed by atoms with van der Waals surface area (Å²) < 4.78 is 46.0. The van der Waals surface area contributed by atoms with Crippen molar-refractivity contribution in [2.24, 2.45) is 11.8 Å². The molecule has 2 aromatic rings. The van der Waals surface area contributed by atoms with Crippen LogP contribution in [0.5, 0.6) is 11.5 Å². The molecule has 41 heavy (non-hydrogen) atoms. The third-order valence-electron chi connectivity index (χ3n) is 7.93. The van der Waals surface area contributed by atoms with Gasteiger partial charge in [-0.2, -0.15) is 13.2 Å². The van der Waals surface area contributed by atoms with Crippen LogP contribution in [0.3, 0.4) is 0 Å². The van der Waals surface area contributed by atoms with Crippen LogP contribution in [0.25, 0.3) is 0 Å². The molecule has 1 saturated heterocycles. The van der Waals surface area contributed by atoms with Gasteiger partial charge in [0, 0.05) is 31.6 Å². The molecule has 0 radical (unpaired) electrons. The number of hydrogen-bond acceptors (Lipinski definition) is 4. The molecular weight excluding hydrogens is 539 g/mol. The lowest BCUT2D eigenvalue weighted by atomic mass is 9.81. The molecule has 8 nitrogen and oxygen atoms in total. The van der Waals surface area contributed by atoms with E-state index in [2.05, 4.69) is 12.2 Å². The average Bonchev–Trinajstić information content (AvgIpc) is 2.94. The minimum Gasteiger partial charge on any atom is -0.478 e. The Morgan fingerprint density at radius 1 is 1.02 bits per heavy atom. The van der Waals surface area contributed by atoms with Crippen LogP contribution in [0.1, 0.15) is 68.3 Å². The highest BCUT2D eigenvalue weighted by Gasteiger charge is 2.38. The maximum Gasteiger partial charge on any atom is 0.419 e. The third-order valence-corrected chi connectivity index (χ3v) is 7.93. The Hall–Kier alpha value is -3.76. The number of carbonyl (C=O) groups is 3. The van der Waals surface area contributed by atoms with Gasteiger partial charge in [-0.15, -0.1) is 0 Å². The van der Waals surface area contributed by atoms with Gasteiger partial charge in [-0.1, -0.05) is 19.1 Å². The standard InChI is InChI=1S/C30H36F3N3O5/c1-3-34-29(40)35-16-14-21(15-17-35)36(27(37)20-10-8-19(2)9-11-20)25-13-12-22(18-23(25)28(38)39)41-26-7-5-4-6-24(26)30(31,32)33/h4-7,12-13,18-21H,3,8-11,14-17H2,1-2H3,(H,34,40)(H,38,39). The summed E-state index contributed by atoms with van der Waals surface area (Å²) in [7, 11) is 0. The fourth-order valence-corrected chi connectivity index (χ4v) is 5.67. The van der Waals surface area contributed by atoms with Gasteiger partial charge < -0.3 is 25.0 Å². The van der Waals surface area contributed by atoms with Gasteiger partial charge in [0.25, 0.3) is 0 Å². The van der Waals surface area contributed by atoms with E-state index >= 15 is 0 Å². The van der Waals surface area contributed by atoms with E-state index < -0.39 is 23.5 Å². The summed E-state index contributed by atoms with van der Waals surface area (Å²) in [5.41, 5.74) is -1.05. The Bertz CT molecular complexity index is 1250. The van der Waals surface area contributed by atoms with E-state index in [1.807, 2.05) is 6.92 Å². The topological polar surface area (TPSA) is 99.2 Å². The number of nitrogens with zero attached hydrogens (tertiary/aromatic N) is 2. The molecule has 1 aliphatic heterocycles. The first-order chi connectivity index (χ1) is 19.5. The number of halogens is 3. The number of aromatic carboxylic acids is 1. The molecule has 1 saturated carbocycles. The van der Waals surface area contributed by atoms with Gasteiger partial charge in [-0.3, -0.25) is 4.79 Å². The van der Waals surface area contributed by atoms with Crippen molar-refractivity contribution in [3.8, 4) is 11.5 Å². The lowest BCUT2D eigenvalue weighted by molar-refractivity contribution is -0.138. The maximum atomic E-state index is 14.0. The van der Waals surface area contributed by atoms with Crippen molar-refractivity contribution in [2.45, 2.75) is 64.6 Å². The Labute approximate surface area is 237 Å². The van der Waals surface area contributed by atoms with Crippen molar-refractivity contribution in [2.75, 3.05) is 24.5 Å². The van der Waals surface area contributed by atoms with Crippen molar-refractivity contribution >= 4 is 23.6 Å². The number of carbonyl (C=O) groups excluding carboxylic acids is 2. The summed E-state index contributed by atoms with van der Waals surface area (Å²) in [5, 5.41) is 12.9. The van der Waals surface area contributed by atoms with Gasteiger partial charge in [0.1, 0.15) is 11.5 Å². The molecule has 2 N–H and O–H groups in total. The van der Waals surface area contributed by atoms with E-state index in [1.54, 1.807) is 9.80 Å². The van der Waals surface area contributed by atoms with E-state index in [0.717, 1.165) is 25.0 Å². The van der Waals surface area contributed by atoms with E-state index in [9.17, 15) is 32.7 Å². The SMILES string of the molecule is CCNC(=O)N1CCC(N(C(=O)C2CCC(C)CC2)c2ccc(Oc3ccccc3C(F)(F)F)cc2C(=O)O)CC1. The number of nitrogens with one attached hydrogen (secondary N) is 1. The van der Waals surface area contributed by atoms with Crippen LogP contribution in [-0.2, 0) is 11.0 Å². The van der Waals surface area contributed by atoms with Gasteiger partial charge in [0.15, 0.2) is 0 Å². The summed E-state index contributed by atoms with van der Waals surface area (Å²) in [4.78, 5) is 42.1. The number of likely N-dealkylation sites (tertiary alicyclic amines) is 1. The van der Waals surface area contributed by atoms with Gasteiger partial charge >= 0.3 is 18.2 Å². The lowest BCUT2D eigenvalue weighted by Gasteiger charge is -2.41. The monoisotopic (exact) mass is 575 g/mol. The van der Waals surface area contributed by atoms with E-state index in [1.165, 1.54) is 30.3 Å². The summed E-state index contributed by atoms with van der Waals surface area (Å²) in [6.45, 7) is 5.28. The van der Waals surface area contributed by atoms with Crippen molar-refractivity contribution < 1.29 is 37.4 Å². The average molecular weight is 576 g/mol. The molecule has 3 amide bonds. The first kappa shape index (κ1) is 30.2. The molecule has 4 rings (SSSR count). The second-order valence-electron chi connectivity index (χ2n) is 10.8. The number of carboxylic acids is 1. The zero-order chi connectivity index (χ0) is 29.7. The number of piperidine rings is 1. The Morgan fingerprint density at radius 3 is 2.29 bits per heavy atom. The molecular formula is C30H36F3N3O5. The van der Waals surface area contributed by atoms with Crippen LogP contribution in [0.4, 0.5) is 23.7 Å². The van der Waals surface area contributed by atoms with E-state index in [0.29, 0.717) is 51.2 Å². The number of anilines is 1. The fraction of sp³-hybridized carbons (Fsp3) is 0.500. The largest absolute Gasteiger partial charge is 0.478 e. The molecule has 2 aromatic carbocycles. The predicted molar refractivity (Wildman–Crippen MR) is 147 cm³/mol. The molecule has 1 aliphatic carbocycles. The minimum atomic E-state index is -4.66. The van der Waals surface area contributed by atoms with Gasteiger partial charge in [0.2, 0.25) is 5.91 Å². The second kappa shape index (κ2) is 12.8. The molecule has 0 aromatic heterocycles. The zero-order valence-electron chi connectivity index (χ0n) is 23.2. The van der Waals surface area contributed by atoms with Crippen molar-refractivity contribution in [1.82, 2.24) is 10.2 Å².